The van der Waals surface area contributed by atoms with E-state index in [1.54, 1.807) is 0 Å². The third-order valence-electron chi connectivity index (χ3n) is 2.76. The number of hydrogen-bond acceptors (Lipinski definition) is 3. The van der Waals surface area contributed by atoms with Gasteiger partial charge < -0.3 is 15.5 Å². The van der Waals surface area contributed by atoms with Crippen LogP contribution in [0.2, 0.25) is 0 Å². The van der Waals surface area contributed by atoms with Gasteiger partial charge in [0.25, 0.3) is 0 Å². The van der Waals surface area contributed by atoms with Gasteiger partial charge in [-0.3, -0.25) is 4.79 Å². The number of carboxylic acids is 1. The lowest BCUT2D eigenvalue weighted by atomic mass is 9.84. The molecule has 0 radical (unpaired) electrons. The molecule has 0 amide bonds. The van der Waals surface area contributed by atoms with Gasteiger partial charge in [-0.15, -0.1) is 0 Å². The number of aliphatic hydroxyl groups excluding tert-OH is 1. The summed E-state index contributed by atoms with van der Waals surface area (Å²) in [7, 11) is 0. The maximum absolute atomic E-state index is 10.5. The third-order valence-corrected chi connectivity index (χ3v) is 2.76. The van der Waals surface area contributed by atoms with E-state index in [1.807, 2.05) is 0 Å². The van der Waals surface area contributed by atoms with E-state index in [4.69, 9.17) is 10.2 Å². The Balaban J connectivity index is 3.46. The van der Waals surface area contributed by atoms with Crippen molar-refractivity contribution in [3.05, 3.63) is 0 Å². The standard InChI is InChI=1S/C12H25NO3/c1-12(2,6-5-11(15)16)7-9-13-8-3-4-10-14/h13-14H,3-10H2,1-2H3,(H,15,16). The zero-order chi connectivity index (χ0) is 12.4. The molecule has 0 saturated carbocycles. The van der Waals surface area contributed by atoms with Crippen molar-refractivity contribution in [1.29, 1.82) is 0 Å². The first-order valence-corrected chi connectivity index (χ1v) is 6.01. The van der Waals surface area contributed by atoms with E-state index in [1.165, 1.54) is 0 Å². The number of hydrogen-bond donors (Lipinski definition) is 3. The molecule has 0 aromatic heterocycles. The van der Waals surface area contributed by atoms with Gasteiger partial charge in [0.05, 0.1) is 0 Å². The number of aliphatic hydroxyl groups is 1. The van der Waals surface area contributed by atoms with Gasteiger partial charge in [0.1, 0.15) is 0 Å². The van der Waals surface area contributed by atoms with Crippen LogP contribution >= 0.6 is 0 Å². The number of unbranched alkanes of at least 4 members (excludes halogenated alkanes) is 1. The summed E-state index contributed by atoms with van der Waals surface area (Å²) in [6.45, 7) is 6.30. The molecule has 0 aromatic carbocycles. The van der Waals surface area contributed by atoms with Gasteiger partial charge >= 0.3 is 5.97 Å². The maximum atomic E-state index is 10.5. The zero-order valence-electron chi connectivity index (χ0n) is 10.5. The molecule has 0 saturated heterocycles. The maximum Gasteiger partial charge on any atom is 0.303 e. The van der Waals surface area contributed by atoms with Gasteiger partial charge in [-0.25, -0.2) is 0 Å². The van der Waals surface area contributed by atoms with Crippen LogP contribution in [0.15, 0.2) is 0 Å². The van der Waals surface area contributed by atoms with Crippen LogP contribution in [0.25, 0.3) is 0 Å². The molecule has 3 N–H and O–H groups in total. The first kappa shape index (κ1) is 15.4. The molecule has 4 heteroatoms. The molecule has 16 heavy (non-hydrogen) atoms. The number of rotatable bonds is 10. The van der Waals surface area contributed by atoms with Crippen LogP contribution in [0.4, 0.5) is 0 Å². The van der Waals surface area contributed by atoms with Crippen molar-refractivity contribution in [2.24, 2.45) is 5.41 Å². The monoisotopic (exact) mass is 231 g/mol. The van der Waals surface area contributed by atoms with Crippen molar-refractivity contribution in [3.63, 3.8) is 0 Å². The van der Waals surface area contributed by atoms with Crippen molar-refractivity contribution in [1.82, 2.24) is 5.32 Å². The SMILES string of the molecule is CC(C)(CCNCCCCO)CCC(=O)O. The van der Waals surface area contributed by atoms with Gasteiger partial charge in [0.15, 0.2) is 0 Å². The second kappa shape index (κ2) is 8.53. The minimum absolute atomic E-state index is 0.0857. The summed E-state index contributed by atoms with van der Waals surface area (Å²) in [5, 5.41) is 20.5. The highest BCUT2D eigenvalue weighted by Gasteiger charge is 2.18. The first-order valence-electron chi connectivity index (χ1n) is 6.01. The number of nitrogens with one attached hydrogen (secondary N) is 1. The van der Waals surface area contributed by atoms with Gasteiger partial charge in [-0.1, -0.05) is 13.8 Å². The molecule has 0 bridgehead atoms. The van der Waals surface area contributed by atoms with Crippen LogP contribution in [0, 0.1) is 5.41 Å². The van der Waals surface area contributed by atoms with E-state index < -0.39 is 5.97 Å². The lowest BCUT2D eigenvalue weighted by Crippen LogP contribution is -2.24. The summed E-state index contributed by atoms with van der Waals surface area (Å²) >= 11 is 0. The highest BCUT2D eigenvalue weighted by atomic mass is 16.4. The molecule has 0 unspecified atom stereocenters. The molecule has 0 atom stereocenters. The van der Waals surface area contributed by atoms with Crippen LogP contribution in [0.3, 0.4) is 0 Å². The predicted molar refractivity (Wildman–Crippen MR) is 64.5 cm³/mol. The molecule has 0 spiro atoms. The molecule has 0 fully saturated rings. The van der Waals surface area contributed by atoms with Crippen LogP contribution in [-0.4, -0.2) is 35.9 Å². The van der Waals surface area contributed by atoms with E-state index in [0.717, 1.165) is 38.8 Å². The summed E-state index contributed by atoms with van der Waals surface area (Å²) in [6.07, 6.45) is 3.79. The molecule has 0 aliphatic heterocycles. The van der Waals surface area contributed by atoms with Gasteiger partial charge in [-0.05, 0) is 44.2 Å². The summed E-state index contributed by atoms with van der Waals surface area (Å²) in [5.41, 5.74) is 0.0857. The topological polar surface area (TPSA) is 69.6 Å². The first-order chi connectivity index (χ1) is 7.48. The average molecular weight is 231 g/mol. The van der Waals surface area contributed by atoms with E-state index in [9.17, 15) is 4.79 Å². The Hall–Kier alpha value is -0.610. The van der Waals surface area contributed by atoms with E-state index >= 15 is 0 Å². The van der Waals surface area contributed by atoms with Gasteiger partial charge in [0, 0.05) is 13.0 Å². The Labute approximate surface area is 98.1 Å². The lowest BCUT2D eigenvalue weighted by molar-refractivity contribution is -0.137. The quantitative estimate of drug-likeness (QED) is 0.500. The molecule has 0 aliphatic rings. The van der Waals surface area contributed by atoms with Crippen LogP contribution in [0.5, 0.6) is 0 Å². The summed E-state index contributed by atoms with van der Waals surface area (Å²) in [5.74, 6) is -0.719. The van der Waals surface area contributed by atoms with Crippen LogP contribution in [0.1, 0.15) is 46.0 Å². The largest absolute Gasteiger partial charge is 0.481 e. The fourth-order valence-electron chi connectivity index (χ4n) is 1.48. The van der Waals surface area contributed by atoms with Gasteiger partial charge in [-0.2, -0.15) is 0 Å². The summed E-state index contributed by atoms with van der Waals surface area (Å²) < 4.78 is 0. The fraction of sp³-hybridized carbons (Fsp3) is 0.917. The van der Waals surface area contributed by atoms with E-state index in [2.05, 4.69) is 19.2 Å². The highest BCUT2D eigenvalue weighted by Crippen LogP contribution is 2.25. The summed E-state index contributed by atoms with van der Waals surface area (Å²) in [4.78, 5) is 10.5. The smallest absolute Gasteiger partial charge is 0.303 e. The Morgan fingerprint density at radius 2 is 1.88 bits per heavy atom. The van der Waals surface area contributed by atoms with Gasteiger partial charge in [0.2, 0.25) is 0 Å². The Bertz CT molecular complexity index is 193. The Kier molecular flexibility index (Phi) is 8.21. The minimum Gasteiger partial charge on any atom is -0.481 e. The molecule has 0 rings (SSSR count). The number of carboxylic acid groups (broad SMARTS) is 1. The number of carbonyl (C=O) groups is 1. The van der Waals surface area contributed by atoms with Crippen molar-refractivity contribution >= 4 is 5.97 Å². The second-order valence-electron chi connectivity index (χ2n) is 4.99. The highest BCUT2D eigenvalue weighted by molar-refractivity contribution is 5.66. The van der Waals surface area contributed by atoms with Crippen molar-refractivity contribution in [2.75, 3.05) is 19.7 Å². The second-order valence-corrected chi connectivity index (χ2v) is 4.99. The average Bonchev–Trinajstić information content (AvgIpc) is 2.21. The lowest BCUT2D eigenvalue weighted by Gasteiger charge is -2.23. The predicted octanol–water partition coefficient (Wildman–Crippen LogP) is 1.63. The molecular weight excluding hydrogens is 206 g/mol. The number of aliphatic carboxylic acids is 1. The Morgan fingerprint density at radius 3 is 2.44 bits per heavy atom. The molecule has 96 valence electrons. The molecular formula is C12H25NO3. The zero-order valence-corrected chi connectivity index (χ0v) is 10.5. The minimum atomic E-state index is -0.719. The van der Waals surface area contributed by atoms with Crippen molar-refractivity contribution in [2.45, 2.75) is 46.0 Å². The summed E-state index contributed by atoms with van der Waals surface area (Å²) in [6, 6.07) is 0. The Morgan fingerprint density at radius 1 is 1.19 bits per heavy atom. The molecule has 0 aliphatic carbocycles. The van der Waals surface area contributed by atoms with E-state index in [0.29, 0.717) is 0 Å². The van der Waals surface area contributed by atoms with Crippen molar-refractivity contribution < 1.29 is 15.0 Å². The molecule has 0 aromatic rings. The van der Waals surface area contributed by atoms with Crippen molar-refractivity contribution in [3.8, 4) is 0 Å². The normalized spacial score (nSPS) is 11.7. The molecule has 0 heterocycles. The van der Waals surface area contributed by atoms with Crippen LogP contribution < -0.4 is 5.32 Å². The molecule has 4 nitrogen and oxygen atoms in total. The third kappa shape index (κ3) is 9.93. The van der Waals surface area contributed by atoms with Crippen LogP contribution in [-0.2, 0) is 4.79 Å². The fourth-order valence-corrected chi connectivity index (χ4v) is 1.48. The van der Waals surface area contributed by atoms with E-state index in [-0.39, 0.29) is 18.4 Å².